The van der Waals surface area contributed by atoms with E-state index in [1.165, 1.54) is 0 Å². The fourth-order valence-electron chi connectivity index (χ4n) is 1.88. The zero-order chi connectivity index (χ0) is 12.2. The maximum absolute atomic E-state index is 11.2. The molecule has 0 amide bonds. The zero-order valence-corrected chi connectivity index (χ0v) is 10.2. The molecular formula is C14H20O2. The van der Waals surface area contributed by atoms with Gasteiger partial charge in [0.1, 0.15) is 0 Å². The Kier molecular flexibility index (Phi) is 4.11. The van der Waals surface area contributed by atoms with Crippen molar-refractivity contribution in [3.05, 3.63) is 35.9 Å². The molecule has 0 aliphatic heterocycles. The van der Waals surface area contributed by atoms with Crippen molar-refractivity contribution >= 4 is 5.97 Å². The number of hydrogen-bond acceptors (Lipinski definition) is 1. The predicted molar refractivity (Wildman–Crippen MR) is 65.3 cm³/mol. The van der Waals surface area contributed by atoms with E-state index in [-0.39, 0.29) is 11.3 Å². The van der Waals surface area contributed by atoms with E-state index in [1.54, 1.807) is 0 Å². The first-order chi connectivity index (χ1) is 7.38. The summed E-state index contributed by atoms with van der Waals surface area (Å²) in [5, 5.41) is 9.20. The molecule has 0 saturated carbocycles. The summed E-state index contributed by atoms with van der Waals surface area (Å²) < 4.78 is 0. The van der Waals surface area contributed by atoms with Gasteiger partial charge < -0.3 is 5.11 Å². The second-order valence-corrected chi connectivity index (χ2v) is 5.49. The highest BCUT2D eigenvalue weighted by atomic mass is 16.4. The van der Waals surface area contributed by atoms with E-state index in [0.29, 0.717) is 12.8 Å². The molecule has 0 bridgehead atoms. The van der Waals surface area contributed by atoms with Gasteiger partial charge in [-0.05, 0) is 23.8 Å². The lowest BCUT2D eigenvalue weighted by molar-refractivity contribution is -0.142. The van der Waals surface area contributed by atoms with E-state index in [9.17, 15) is 9.90 Å². The molecule has 0 saturated heterocycles. The SMILES string of the molecule is CC(C)(C)CC(Cc1ccccc1)C(=O)O. The second kappa shape index (κ2) is 5.15. The fourth-order valence-corrected chi connectivity index (χ4v) is 1.88. The summed E-state index contributed by atoms with van der Waals surface area (Å²) >= 11 is 0. The van der Waals surface area contributed by atoms with Crippen LogP contribution >= 0.6 is 0 Å². The van der Waals surface area contributed by atoms with E-state index in [2.05, 4.69) is 20.8 Å². The first-order valence-electron chi connectivity index (χ1n) is 5.65. The van der Waals surface area contributed by atoms with E-state index in [0.717, 1.165) is 5.56 Å². The van der Waals surface area contributed by atoms with Crippen molar-refractivity contribution in [1.29, 1.82) is 0 Å². The third-order valence-corrected chi connectivity index (χ3v) is 2.53. The molecule has 0 fully saturated rings. The van der Waals surface area contributed by atoms with Crippen molar-refractivity contribution in [2.24, 2.45) is 11.3 Å². The first-order valence-corrected chi connectivity index (χ1v) is 5.65. The van der Waals surface area contributed by atoms with Gasteiger partial charge in [0.05, 0.1) is 5.92 Å². The van der Waals surface area contributed by atoms with Gasteiger partial charge in [-0.2, -0.15) is 0 Å². The average molecular weight is 220 g/mol. The molecule has 0 aliphatic rings. The molecule has 2 heteroatoms. The van der Waals surface area contributed by atoms with Crippen LogP contribution < -0.4 is 0 Å². The molecule has 1 N–H and O–H groups in total. The van der Waals surface area contributed by atoms with Crippen LogP contribution in [0.3, 0.4) is 0 Å². The minimum Gasteiger partial charge on any atom is -0.481 e. The number of carboxylic acid groups (broad SMARTS) is 1. The van der Waals surface area contributed by atoms with Gasteiger partial charge in [-0.3, -0.25) is 4.79 Å². The summed E-state index contributed by atoms with van der Waals surface area (Å²) in [6.07, 6.45) is 1.32. The van der Waals surface area contributed by atoms with Gasteiger partial charge in [0, 0.05) is 0 Å². The van der Waals surface area contributed by atoms with Gasteiger partial charge in [0.2, 0.25) is 0 Å². The van der Waals surface area contributed by atoms with Crippen LogP contribution in [0.25, 0.3) is 0 Å². The number of carboxylic acids is 1. The Morgan fingerprint density at radius 2 is 1.81 bits per heavy atom. The van der Waals surface area contributed by atoms with Crippen molar-refractivity contribution in [1.82, 2.24) is 0 Å². The van der Waals surface area contributed by atoms with Crippen LogP contribution in [0.15, 0.2) is 30.3 Å². The zero-order valence-electron chi connectivity index (χ0n) is 10.2. The van der Waals surface area contributed by atoms with Gasteiger partial charge in [0.15, 0.2) is 0 Å². The van der Waals surface area contributed by atoms with Crippen LogP contribution in [0, 0.1) is 11.3 Å². The fraction of sp³-hybridized carbons (Fsp3) is 0.500. The van der Waals surface area contributed by atoms with Crippen molar-refractivity contribution < 1.29 is 9.90 Å². The first kappa shape index (κ1) is 12.8. The Hall–Kier alpha value is -1.31. The molecule has 1 rings (SSSR count). The van der Waals surface area contributed by atoms with Gasteiger partial charge in [-0.1, -0.05) is 51.1 Å². The van der Waals surface area contributed by atoms with Crippen molar-refractivity contribution in [2.45, 2.75) is 33.6 Å². The summed E-state index contributed by atoms with van der Waals surface area (Å²) in [6.45, 7) is 6.23. The van der Waals surface area contributed by atoms with Crippen molar-refractivity contribution in [2.75, 3.05) is 0 Å². The molecule has 1 aromatic rings. The van der Waals surface area contributed by atoms with Gasteiger partial charge in [-0.15, -0.1) is 0 Å². The third kappa shape index (κ3) is 4.47. The van der Waals surface area contributed by atoms with E-state index in [1.807, 2.05) is 30.3 Å². The van der Waals surface area contributed by atoms with Crippen LogP contribution in [0.2, 0.25) is 0 Å². The normalized spacial score (nSPS) is 13.4. The summed E-state index contributed by atoms with van der Waals surface area (Å²) in [5.74, 6) is -0.985. The molecule has 16 heavy (non-hydrogen) atoms. The Balaban J connectivity index is 2.70. The van der Waals surface area contributed by atoms with E-state index >= 15 is 0 Å². The number of benzene rings is 1. The maximum Gasteiger partial charge on any atom is 0.306 e. The topological polar surface area (TPSA) is 37.3 Å². The molecule has 1 unspecified atom stereocenters. The summed E-state index contributed by atoms with van der Waals surface area (Å²) in [4.78, 5) is 11.2. The molecule has 2 nitrogen and oxygen atoms in total. The Bertz CT molecular complexity index is 336. The Labute approximate surface area is 97.3 Å². The molecule has 0 heterocycles. The van der Waals surface area contributed by atoms with Crippen molar-refractivity contribution in [3.8, 4) is 0 Å². The predicted octanol–water partition coefficient (Wildman–Crippen LogP) is 3.37. The summed E-state index contributed by atoms with van der Waals surface area (Å²) in [6, 6.07) is 9.82. The van der Waals surface area contributed by atoms with Crippen LogP contribution in [0.4, 0.5) is 0 Å². The molecule has 0 spiro atoms. The van der Waals surface area contributed by atoms with E-state index < -0.39 is 5.97 Å². The van der Waals surface area contributed by atoms with Gasteiger partial charge >= 0.3 is 5.97 Å². The summed E-state index contributed by atoms with van der Waals surface area (Å²) in [5.41, 5.74) is 1.15. The van der Waals surface area contributed by atoms with Gasteiger partial charge in [-0.25, -0.2) is 0 Å². The maximum atomic E-state index is 11.2. The lowest BCUT2D eigenvalue weighted by atomic mass is 9.82. The summed E-state index contributed by atoms with van der Waals surface area (Å²) in [7, 11) is 0. The lowest BCUT2D eigenvalue weighted by Gasteiger charge is -2.23. The Morgan fingerprint density at radius 3 is 2.25 bits per heavy atom. The highest BCUT2D eigenvalue weighted by Gasteiger charge is 2.24. The van der Waals surface area contributed by atoms with Crippen LogP contribution in [0.1, 0.15) is 32.8 Å². The number of hydrogen-bond donors (Lipinski definition) is 1. The highest BCUT2D eigenvalue weighted by Crippen LogP contribution is 2.26. The lowest BCUT2D eigenvalue weighted by Crippen LogP contribution is -2.22. The van der Waals surface area contributed by atoms with Crippen LogP contribution in [-0.4, -0.2) is 11.1 Å². The molecule has 0 radical (unpaired) electrons. The minimum absolute atomic E-state index is 0.0534. The van der Waals surface area contributed by atoms with Crippen LogP contribution in [-0.2, 0) is 11.2 Å². The van der Waals surface area contributed by atoms with Crippen molar-refractivity contribution in [3.63, 3.8) is 0 Å². The van der Waals surface area contributed by atoms with Gasteiger partial charge in [0.25, 0.3) is 0 Å². The number of aliphatic carboxylic acids is 1. The second-order valence-electron chi connectivity index (χ2n) is 5.49. The molecular weight excluding hydrogens is 200 g/mol. The quantitative estimate of drug-likeness (QED) is 0.844. The third-order valence-electron chi connectivity index (χ3n) is 2.53. The highest BCUT2D eigenvalue weighted by molar-refractivity contribution is 5.70. The molecule has 1 atom stereocenters. The minimum atomic E-state index is -0.696. The number of carbonyl (C=O) groups is 1. The molecule has 1 aromatic carbocycles. The largest absolute Gasteiger partial charge is 0.481 e. The monoisotopic (exact) mass is 220 g/mol. The standard InChI is InChI=1S/C14H20O2/c1-14(2,3)10-12(13(15)16)9-11-7-5-4-6-8-11/h4-8,12H,9-10H2,1-3H3,(H,15,16). The number of rotatable bonds is 4. The average Bonchev–Trinajstić information content (AvgIpc) is 2.16. The molecule has 0 aromatic heterocycles. The van der Waals surface area contributed by atoms with E-state index in [4.69, 9.17) is 0 Å². The smallest absolute Gasteiger partial charge is 0.306 e. The van der Waals surface area contributed by atoms with Crippen LogP contribution in [0.5, 0.6) is 0 Å². The molecule has 88 valence electrons. The molecule has 0 aliphatic carbocycles. The Morgan fingerprint density at radius 1 is 1.25 bits per heavy atom.